The average Bonchev–Trinajstić information content (AvgIpc) is 2.39. The Morgan fingerprint density at radius 2 is 2.39 bits per heavy atom. The minimum absolute atomic E-state index is 0.0392. The van der Waals surface area contributed by atoms with Gasteiger partial charge in [-0.2, -0.15) is 0 Å². The van der Waals surface area contributed by atoms with E-state index in [0.29, 0.717) is 18.9 Å². The highest BCUT2D eigenvalue weighted by Crippen LogP contribution is 2.28. The number of piperidine rings is 1. The topological polar surface area (TPSA) is 102 Å². The predicted molar refractivity (Wildman–Crippen MR) is 65.0 cm³/mol. The van der Waals surface area contributed by atoms with Gasteiger partial charge in [0.1, 0.15) is 0 Å². The summed E-state index contributed by atoms with van der Waals surface area (Å²) in [6.45, 7) is 1.05. The van der Waals surface area contributed by atoms with Crippen molar-refractivity contribution in [2.75, 3.05) is 18.0 Å². The van der Waals surface area contributed by atoms with Crippen LogP contribution in [0.1, 0.15) is 12.8 Å². The van der Waals surface area contributed by atoms with Gasteiger partial charge in [0.2, 0.25) is 11.7 Å². The number of nitro groups is 1. The summed E-state index contributed by atoms with van der Waals surface area (Å²) in [4.78, 5) is 27.5. The standard InChI is InChI=1S/C11H14N4O3/c12-10(16)8-3-2-6-14(7-8)11-9(15(17)18)4-1-5-13-11/h1,4-5,8H,2-3,6-7H2,(H2,12,16). The Bertz CT molecular complexity index is 477. The molecule has 1 fully saturated rings. The van der Waals surface area contributed by atoms with E-state index in [0.717, 1.165) is 12.8 Å². The van der Waals surface area contributed by atoms with Gasteiger partial charge in [-0.15, -0.1) is 0 Å². The number of anilines is 1. The molecular formula is C11H14N4O3. The minimum Gasteiger partial charge on any atom is -0.369 e. The van der Waals surface area contributed by atoms with Crippen LogP contribution in [-0.4, -0.2) is 28.9 Å². The van der Waals surface area contributed by atoms with E-state index >= 15 is 0 Å². The zero-order chi connectivity index (χ0) is 13.1. The molecule has 0 aromatic carbocycles. The normalized spacial score (nSPS) is 19.6. The molecule has 1 unspecified atom stereocenters. The second kappa shape index (κ2) is 4.99. The van der Waals surface area contributed by atoms with Crippen LogP contribution in [0.3, 0.4) is 0 Å². The predicted octanol–water partition coefficient (Wildman–Crippen LogP) is 0.691. The first-order valence-corrected chi connectivity index (χ1v) is 5.73. The van der Waals surface area contributed by atoms with Crippen molar-refractivity contribution in [1.29, 1.82) is 0 Å². The Labute approximate surface area is 104 Å². The molecule has 7 nitrogen and oxygen atoms in total. The minimum atomic E-state index is -0.462. The molecule has 1 aromatic rings. The molecule has 0 spiro atoms. The molecule has 2 N–H and O–H groups in total. The van der Waals surface area contributed by atoms with Crippen LogP contribution in [-0.2, 0) is 4.79 Å². The summed E-state index contributed by atoms with van der Waals surface area (Å²) in [5.74, 6) is -0.313. The summed E-state index contributed by atoms with van der Waals surface area (Å²) in [5, 5.41) is 10.9. The third kappa shape index (κ3) is 2.39. The van der Waals surface area contributed by atoms with Crippen LogP contribution in [0.5, 0.6) is 0 Å². The van der Waals surface area contributed by atoms with Crippen molar-refractivity contribution < 1.29 is 9.72 Å². The second-order valence-electron chi connectivity index (χ2n) is 4.29. The van der Waals surface area contributed by atoms with Gasteiger partial charge in [-0.3, -0.25) is 14.9 Å². The molecule has 0 aliphatic carbocycles. The van der Waals surface area contributed by atoms with Crippen LogP contribution in [0, 0.1) is 16.0 Å². The summed E-state index contributed by atoms with van der Waals surface area (Å²) in [6, 6.07) is 2.94. The van der Waals surface area contributed by atoms with E-state index in [4.69, 9.17) is 5.73 Å². The fourth-order valence-corrected chi connectivity index (χ4v) is 2.18. The van der Waals surface area contributed by atoms with E-state index in [1.54, 1.807) is 4.90 Å². The second-order valence-corrected chi connectivity index (χ2v) is 4.29. The number of rotatable bonds is 3. The third-order valence-corrected chi connectivity index (χ3v) is 3.09. The van der Waals surface area contributed by atoms with E-state index in [1.807, 2.05) is 0 Å². The quantitative estimate of drug-likeness (QED) is 0.628. The molecule has 1 atom stereocenters. The van der Waals surface area contributed by atoms with Gasteiger partial charge < -0.3 is 10.6 Å². The number of pyridine rings is 1. The van der Waals surface area contributed by atoms with Crippen LogP contribution < -0.4 is 10.6 Å². The lowest BCUT2D eigenvalue weighted by Crippen LogP contribution is -2.41. The summed E-state index contributed by atoms with van der Waals surface area (Å²) >= 11 is 0. The molecule has 1 aliphatic heterocycles. The molecular weight excluding hydrogens is 236 g/mol. The molecule has 0 saturated carbocycles. The zero-order valence-corrected chi connectivity index (χ0v) is 9.78. The van der Waals surface area contributed by atoms with Gasteiger partial charge in [-0.05, 0) is 18.9 Å². The van der Waals surface area contributed by atoms with Crippen LogP contribution in [0.15, 0.2) is 18.3 Å². The van der Waals surface area contributed by atoms with Crippen molar-refractivity contribution in [2.24, 2.45) is 11.7 Å². The summed E-state index contributed by atoms with van der Waals surface area (Å²) in [7, 11) is 0. The lowest BCUT2D eigenvalue weighted by molar-refractivity contribution is -0.384. The molecule has 0 radical (unpaired) electrons. The van der Waals surface area contributed by atoms with Crippen molar-refractivity contribution in [3.8, 4) is 0 Å². The van der Waals surface area contributed by atoms with E-state index < -0.39 is 4.92 Å². The molecule has 0 bridgehead atoms. The van der Waals surface area contributed by atoms with Gasteiger partial charge in [0.05, 0.1) is 10.8 Å². The van der Waals surface area contributed by atoms with Gasteiger partial charge in [-0.25, -0.2) is 4.98 Å². The number of hydrogen-bond acceptors (Lipinski definition) is 5. The fraction of sp³-hybridized carbons (Fsp3) is 0.455. The summed E-state index contributed by atoms with van der Waals surface area (Å²) in [5.41, 5.74) is 5.25. The number of aromatic nitrogens is 1. The van der Waals surface area contributed by atoms with Crippen LogP contribution >= 0.6 is 0 Å². The van der Waals surface area contributed by atoms with Crippen LogP contribution in [0.2, 0.25) is 0 Å². The largest absolute Gasteiger partial charge is 0.369 e. The number of nitrogens with two attached hydrogens (primary N) is 1. The van der Waals surface area contributed by atoms with Crippen molar-refractivity contribution in [2.45, 2.75) is 12.8 Å². The SMILES string of the molecule is NC(=O)C1CCCN(c2ncccc2[N+](=O)[O-])C1. The van der Waals surface area contributed by atoms with Gasteiger partial charge >= 0.3 is 5.69 Å². The van der Waals surface area contributed by atoms with Crippen molar-refractivity contribution >= 4 is 17.4 Å². The van der Waals surface area contributed by atoms with E-state index in [9.17, 15) is 14.9 Å². The van der Waals surface area contributed by atoms with E-state index in [1.165, 1.54) is 18.3 Å². The highest BCUT2D eigenvalue weighted by Gasteiger charge is 2.28. The first kappa shape index (κ1) is 12.3. The Morgan fingerprint density at radius 1 is 1.61 bits per heavy atom. The molecule has 2 heterocycles. The zero-order valence-electron chi connectivity index (χ0n) is 9.78. The Kier molecular flexibility index (Phi) is 3.40. The highest BCUT2D eigenvalue weighted by atomic mass is 16.6. The lowest BCUT2D eigenvalue weighted by atomic mass is 9.97. The Morgan fingerprint density at radius 3 is 3.06 bits per heavy atom. The highest BCUT2D eigenvalue weighted by molar-refractivity contribution is 5.77. The maximum Gasteiger partial charge on any atom is 0.311 e. The molecule has 1 saturated heterocycles. The van der Waals surface area contributed by atoms with Gasteiger partial charge in [0.25, 0.3) is 0 Å². The van der Waals surface area contributed by atoms with Crippen molar-refractivity contribution in [1.82, 2.24) is 4.98 Å². The smallest absolute Gasteiger partial charge is 0.311 e. The lowest BCUT2D eigenvalue weighted by Gasteiger charge is -2.31. The number of carbonyl (C=O) groups is 1. The third-order valence-electron chi connectivity index (χ3n) is 3.09. The van der Waals surface area contributed by atoms with Crippen molar-refractivity contribution in [3.05, 3.63) is 28.4 Å². The molecule has 1 aliphatic rings. The van der Waals surface area contributed by atoms with Crippen molar-refractivity contribution in [3.63, 3.8) is 0 Å². The van der Waals surface area contributed by atoms with Crippen LogP contribution in [0.25, 0.3) is 0 Å². The Hall–Kier alpha value is -2.18. The number of amides is 1. The summed E-state index contributed by atoms with van der Waals surface area (Å²) < 4.78 is 0. The molecule has 7 heteroatoms. The summed E-state index contributed by atoms with van der Waals surface area (Å²) in [6.07, 6.45) is 3.02. The molecule has 2 rings (SSSR count). The molecule has 18 heavy (non-hydrogen) atoms. The first-order valence-electron chi connectivity index (χ1n) is 5.73. The molecule has 1 amide bonds. The maximum atomic E-state index is 11.2. The van der Waals surface area contributed by atoms with Gasteiger partial charge in [-0.1, -0.05) is 0 Å². The molecule has 96 valence electrons. The molecule has 1 aromatic heterocycles. The first-order chi connectivity index (χ1) is 8.59. The van der Waals surface area contributed by atoms with Gasteiger partial charge in [0, 0.05) is 25.4 Å². The van der Waals surface area contributed by atoms with Gasteiger partial charge in [0.15, 0.2) is 0 Å². The van der Waals surface area contributed by atoms with E-state index in [-0.39, 0.29) is 17.5 Å². The number of primary amides is 1. The van der Waals surface area contributed by atoms with E-state index in [2.05, 4.69) is 4.98 Å². The number of nitrogens with zero attached hydrogens (tertiary/aromatic N) is 3. The monoisotopic (exact) mass is 250 g/mol. The van der Waals surface area contributed by atoms with Crippen LogP contribution in [0.4, 0.5) is 11.5 Å². The number of carbonyl (C=O) groups excluding carboxylic acids is 1. The Balaban J connectivity index is 2.26. The number of hydrogen-bond donors (Lipinski definition) is 1. The average molecular weight is 250 g/mol. The maximum absolute atomic E-state index is 11.2. The fourth-order valence-electron chi connectivity index (χ4n) is 2.18.